The number of rotatable bonds is 7. The molecule has 0 unspecified atom stereocenters. The lowest BCUT2D eigenvalue weighted by Crippen LogP contribution is -2.43. The molecule has 1 fully saturated rings. The van der Waals surface area contributed by atoms with E-state index >= 15 is 0 Å². The maximum absolute atomic E-state index is 12.8. The summed E-state index contributed by atoms with van der Waals surface area (Å²) in [6.45, 7) is 5.70. The Kier molecular flexibility index (Phi) is 6.90. The zero-order valence-electron chi connectivity index (χ0n) is 16.7. The second-order valence-corrected chi connectivity index (χ2v) is 6.85. The van der Waals surface area contributed by atoms with Crippen LogP contribution in [0.15, 0.2) is 42.5 Å². The van der Waals surface area contributed by atoms with Crippen LogP contribution in [-0.2, 0) is 4.74 Å². The van der Waals surface area contributed by atoms with Crippen molar-refractivity contribution in [1.82, 2.24) is 10.2 Å². The largest absolute Gasteiger partial charge is 0.497 e. The zero-order valence-corrected chi connectivity index (χ0v) is 16.7. The quantitative estimate of drug-likeness (QED) is 0.795. The smallest absolute Gasteiger partial charge is 0.255 e. The zero-order chi connectivity index (χ0) is 19.9. The molecule has 6 heteroatoms. The summed E-state index contributed by atoms with van der Waals surface area (Å²) < 4.78 is 16.1. The number of morpholine rings is 1. The Hall–Kier alpha value is -2.57. The summed E-state index contributed by atoms with van der Waals surface area (Å²) in [5, 5.41) is 3.08. The fourth-order valence-corrected chi connectivity index (χ4v) is 3.41. The van der Waals surface area contributed by atoms with Crippen LogP contribution in [0.4, 0.5) is 0 Å². The average molecular weight is 384 g/mol. The van der Waals surface area contributed by atoms with Gasteiger partial charge in [0.1, 0.15) is 11.5 Å². The van der Waals surface area contributed by atoms with Crippen molar-refractivity contribution in [1.29, 1.82) is 0 Å². The topological polar surface area (TPSA) is 60.0 Å². The normalized spacial score (nSPS) is 15.7. The predicted octanol–water partition coefficient (Wildman–Crippen LogP) is 2.82. The number of methoxy groups -OCH3 is 2. The van der Waals surface area contributed by atoms with E-state index in [4.69, 9.17) is 14.2 Å². The molecule has 3 rings (SSSR count). The second kappa shape index (κ2) is 9.57. The number of hydrogen-bond donors (Lipinski definition) is 1. The van der Waals surface area contributed by atoms with Crippen LogP contribution in [0.2, 0.25) is 0 Å². The van der Waals surface area contributed by atoms with Gasteiger partial charge in [0.2, 0.25) is 0 Å². The van der Waals surface area contributed by atoms with Crippen molar-refractivity contribution >= 4 is 5.91 Å². The Labute approximate surface area is 166 Å². The summed E-state index contributed by atoms with van der Waals surface area (Å²) in [6.07, 6.45) is 0. The van der Waals surface area contributed by atoms with E-state index < -0.39 is 0 Å². The number of ether oxygens (including phenoxy) is 3. The lowest BCUT2D eigenvalue weighted by atomic mass is 10.0. The summed E-state index contributed by atoms with van der Waals surface area (Å²) in [5.41, 5.74) is 2.90. The highest BCUT2D eigenvalue weighted by Crippen LogP contribution is 2.25. The molecule has 1 aliphatic heterocycles. The number of hydrogen-bond acceptors (Lipinski definition) is 5. The minimum Gasteiger partial charge on any atom is -0.497 e. The minimum atomic E-state index is -0.162. The van der Waals surface area contributed by atoms with Gasteiger partial charge in [-0.2, -0.15) is 0 Å². The number of amides is 1. The second-order valence-electron chi connectivity index (χ2n) is 6.85. The van der Waals surface area contributed by atoms with E-state index in [1.165, 1.54) is 11.1 Å². The molecule has 150 valence electrons. The SMILES string of the molecule is COc1ccc(C(=O)NC[C@@H](c2ccc(C)cc2)N2CCOCC2)c(OC)c1. The average Bonchev–Trinajstić information content (AvgIpc) is 2.75. The van der Waals surface area contributed by atoms with Crippen molar-refractivity contribution in [2.75, 3.05) is 47.1 Å². The molecule has 0 saturated carbocycles. The molecule has 1 atom stereocenters. The van der Waals surface area contributed by atoms with E-state index in [-0.39, 0.29) is 11.9 Å². The molecule has 1 amide bonds. The highest BCUT2D eigenvalue weighted by atomic mass is 16.5. The molecule has 1 heterocycles. The standard InChI is InChI=1S/C22H28N2O4/c1-16-4-6-17(7-5-16)20(24-10-12-28-13-11-24)15-23-22(25)19-9-8-18(26-2)14-21(19)27-3/h4-9,14,20H,10-13,15H2,1-3H3,(H,23,25)/t20-/m0/s1. The van der Waals surface area contributed by atoms with Gasteiger partial charge in [0.25, 0.3) is 5.91 Å². The maximum atomic E-state index is 12.8. The third-order valence-electron chi connectivity index (χ3n) is 5.06. The number of carbonyl (C=O) groups excluding carboxylic acids is 1. The van der Waals surface area contributed by atoms with Crippen LogP contribution in [0, 0.1) is 6.92 Å². The molecule has 0 radical (unpaired) electrons. The number of carbonyl (C=O) groups is 1. The molecular weight excluding hydrogens is 356 g/mol. The molecule has 28 heavy (non-hydrogen) atoms. The van der Waals surface area contributed by atoms with E-state index in [2.05, 4.69) is 41.4 Å². The van der Waals surface area contributed by atoms with Crippen LogP contribution in [0.5, 0.6) is 11.5 Å². The Morgan fingerprint density at radius 1 is 1.11 bits per heavy atom. The van der Waals surface area contributed by atoms with Crippen LogP contribution < -0.4 is 14.8 Å². The maximum Gasteiger partial charge on any atom is 0.255 e. The van der Waals surface area contributed by atoms with Crippen molar-refractivity contribution in [2.24, 2.45) is 0 Å². The van der Waals surface area contributed by atoms with Gasteiger partial charge in [-0.3, -0.25) is 9.69 Å². The summed E-state index contributed by atoms with van der Waals surface area (Å²) in [4.78, 5) is 15.2. The first-order valence-corrected chi connectivity index (χ1v) is 9.51. The van der Waals surface area contributed by atoms with Crippen LogP contribution in [0.1, 0.15) is 27.5 Å². The van der Waals surface area contributed by atoms with Gasteiger partial charge in [-0.25, -0.2) is 0 Å². The van der Waals surface area contributed by atoms with Crippen molar-refractivity contribution in [2.45, 2.75) is 13.0 Å². The molecule has 2 aromatic rings. The summed E-state index contributed by atoms with van der Waals surface area (Å²) >= 11 is 0. The predicted molar refractivity (Wildman–Crippen MR) is 108 cm³/mol. The molecule has 1 aliphatic rings. The van der Waals surface area contributed by atoms with Crippen LogP contribution in [-0.4, -0.2) is 57.9 Å². The molecule has 0 bridgehead atoms. The highest BCUT2D eigenvalue weighted by Gasteiger charge is 2.24. The van der Waals surface area contributed by atoms with Crippen LogP contribution >= 0.6 is 0 Å². The summed E-state index contributed by atoms with van der Waals surface area (Å²) in [6, 6.07) is 13.8. The highest BCUT2D eigenvalue weighted by molar-refractivity contribution is 5.97. The van der Waals surface area contributed by atoms with Crippen molar-refractivity contribution < 1.29 is 19.0 Å². The first-order chi connectivity index (χ1) is 13.6. The van der Waals surface area contributed by atoms with Gasteiger partial charge in [0.05, 0.1) is 39.0 Å². The molecule has 1 saturated heterocycles. The lowest BCUT2D eigenvalue weighted by Gasteiger charge is -2.35. The van der Waals surface area contributed by atoms with Gasteiger partial charge < -0.3 is 19.5 Å². The summed E-state index contributed by atoms with van der Waals surface area (Å²) in [5.74, 6) is 0.985. The number of aryl methyl sites for hydroxylation is 1. The van der Waals surface area contributed by atoms with E-state index in [1.54, 1.807) is 32.4 Å². The Bertz CT molecular complexity index is 786. The van der Waals surface area contributed by atoms with Gasteiger partial charge in [-0.05, 0) is 24.6 Å². The molecule has 0 spiro atoms. The van der Waals surface area contributed by atoms with Gasteiger partial charge in [0.15, 0.2) is 0 Å². The van der Waals surface area contributed by atoms with Crippen LogP contribution in [0.25, 0.3) is 0 Å². The van der Waals surface area contributed by atoms with E-state index in [1.807, 2.05) is 0 Å². The monoisotopic (exact) mass is 384 g/mol. The van der Waals surface area contributed by atoms with E-state index in [9.17, 15) is 4.79 Å². The molecule has 1 N–H and O–H groups in total. The third kappa shape index (κ3) is 4.82. The fourth-order valence-electron chi connectivity index (χ4n) is 3.41. The number of nitrogens with one attached hydrogen (secondary N) is 1. The Morgan fingerprint density at radius 2 is 1.82 bits per heavy atom. The molecule has 0 aliphatic carbocycles. The van der Waals surface area contributed by atoms with Gasteiger partial charge in [-0.1, -0.05) is 29.8 Å². The lowest BCUT2D eigenvalue weighted by molar-refractivity contribution is 0.0162. The van der Waals surface area contributed by atoms with Gasteiger partial charge >= 0.3 is 0 Å². The Morgan fingerprint density at radius 3 is 2.46 bits per heavy atom. The van der Waals surface area contributed by atoms with E-state index in [0.29, 0.717) is 36.8 Å². The first-order valence-electron chi connectivity index (χ1n) is 9.51. The van der Waals surface area contributed by atoms with Gasteiger partial charge in [0, 0.05) is 25.7 Å². The van der Waals surface area contributed by atoms with E-state index in [0.717, 1.165) is 13.1 Å². The van der Waals surface area contributed by atoms with Crippen molar-refractivity contribution in [3.63, 3.8) is 0 Å². The number of benzene rings is 2. The third-order valence-corrected chi connectivity index (χ3v) is 5.06. The molecule has 2 aromatic carbocycles. The number of nitrogens with zero attached hydrogens (tertiary/aromatic N) is 1. The minimum absolute atomic E-state index is 0.0951. The van der Waals surface area contributed by atoms with Gasteiger partial charge in [-0.15, -0.1) is 0 Å². The Balaban J connectivity index is 1.75. The fraction of sp³-hybridized carbons (Fsp3) is 0.409. The van der Waals surface area contributed by atoms with Crippen molar-refractivity contribution in [3.8, 4) is 11.5 Å². The van der Waals surface area contributed by atoms with Crippen molar-refractivity contribution in [3.05, 3.63) is 59.2 Å². The first kappa shape index (κ1) is 20.2. The molecular formula is C22H28N2O4. The summed E-state index contributed by atoms with van der Waals surface area (Å²) in [7, 11) is 3.14. The molecule has 6 nitrogen and oxygen atoms in total. The molecule has 0 aromatic heterocycles. The van der Waals surface area contributed by atoms with Crippen LogP contribution in [0.3, 0.4) is 0 Å².